The number of hydrogen-bond acceptors (Lipinski definition) is 2. The summed E-state index contributed by atoms with van der Waals surface area (Å²) < 4.78 is 42.1. The van der Waals surface area contributed by atoms with Crippen molar-refractivity contribution >= 4 is 0 Å². The summed E-state index contributed by atoms with van der Waals surface area (Å²) in [6.07, 6.45) is -6.37. The van der Waals surface area contributed by atoms with Gasteiger partial charge < -0.3 is 10.5 Å². The molecule has 0 fully saturated rings. The molecule has 1 aromatic rings. The van der Waals surface area contributed by atoms with Gasteiger partial charge in [0.15, 0.2) is 6.10 Å². The van der Waals surface area contributed by atoms with Crippen LogP contribution in [0.4, 0.5) is 13.2 Å². The van der Waals surface area contributed by atoms with Gasteiger partial charge in [0, 0.05) is 18.0 Å². The van der Waals surface area contributed by atoms with Crippen LogP contribution in [-0.2, 0) is 0 Å². The maximum atomic E-state index is 12.4. The fourth-order valence-corrected chi connectivity index (χ4v) is 1.65. The highest BCUT2D eigenvalue weighted by Gasteiger charge is 2.45. The molecule has 2 rings (SSSR count). The first-order valence-corrected chi connectivity index (χ1v) is 4.56. The highest BCUT2D eigenvalue weighted by Crippen LogP contribution is 2.38. The molecule has 1 aliphatic rings. The second kappa shape index (κ2) is 3.41. The number of alkyl halides is 3. The number of rotatable bonds is 0. The van der Waals surface area contributed by atoms with E-state index in [4.69, 9.17) is 10.5 Å². The minimum atomic E-state index is -4.36. The topological polar surface area (TPSA) is 35.2 Å². The van der Waals surface area contributed by atoms with Crippen molar-refractivity contribution in [2.24, 2.45) is 5.73 Å². The Hall–Kier alpha value is -1.23. The lowest BCUT2D eigenvalue weighted by molar-refractivity contribution is -0.200. The van der Waals surface area contributed by atoms with E-state index in [1.807, 2.05) is 0 Å². The first-order valence-electron chi connectivity index (χ1n) is 4.56. The number of hydrogen-bond donors (Lipinski definition) is 1. The lowest BCUT2D eigenvalue weighted by atomic mass is 9.97. The van der Waals surface area contributed by atoms with Crippen LogP contribution in [0.1, 0.15) is 18.0 Å². The SMILES string of the molecule is N[C@H]1C[C@H](C(F)(F)F)Oc2ccccc21. The predicted molar refractivity (Wildman–Crippen MR) is 48.5 cm³/mol. The fraction of sp³-hybridized carbons (Fsp3) is 0.400. The third kappa shape index (κ3) is 1.92. The van der Waals surface area contributed by atoms with E-state index in [1.54, 1.807) is 18.2 Å². The van der Waals surface area contributed by atoms with E-state index in [-0.39, 0.29) is 12.2 Å². The molecule has 0 unspecified atom stereocenters. The first-order chi connectivity index (χ1) is 6.98. The molecular weight excluding hydrogens is 207 g/mol. The minimum Gasteiger partial charge on any atom is -0.481 e. The van der Waals surface area contributed by atoms with Crippen LogP contribution in [0.2, 0.25) is 0 Å². The summed E-state index contributed by atoms with van der Waals surface area (Å²) in [5.41, 5.74) is 6.29. The fourth-order valence-electron chi connectivity index (χ4n) is 1.65. The van der Waals surface area contributed by atoms with Gasteiger partial charge in [0.1, 0.15) is 5.75 Å². The van der Waals surface area contributed by atoms with Gasteiger partial charge in [-0.05, 0) is 6.07 Å². The molecule has 82 valence electrons. The van der Waals surface area contributed by atoms with Crippen LogP contribution < -0.4 is 10.5 Å². The lowest BCUT2D eigenvalue weighted by Crippen LogP contribution is -2.40. The van der Waals surface area contributed by atoms with E-state index in [9.17, 15) is 13.2 Å². The van der Waals surface area contributed by atoms with E-state index in [1.165, 1.54) is 6.07 Å². The quantitative estimate of drug-likeness (QED) is 0.724. The standard InChI is InChI=1S/C10H10F3NO/c11-10(12,13)9-5-7(14)6-3-1-2-4-8(6)15-9/h1-4,7,9H,5,14H2/t7-,9+/m0/s1. The van der Waals surface area contributed by atoms with Crippen LogP contribution in [0.5, 0.6) is 5.75 Å². The van der Waals surface area contributed by atoms with Crippen molar-refractivity contribution in [3.05, 3.63) is 29.8 Å². The highest BCUT2D eigenvalue weighted by atomic mass is 19.4. The molecule has 2 atom stereocenters. The summed E-state index contributed by atoms with van der Waals surface area (Å²) in [5, 5.41) is 0. The van der Waals surface area contributed by atoms with Crippen LogP contribution in [0.25, 0.3) is 0 Å². The van der Waals surface area contributed by atoms with Crippen molar-refractivity contribution in [3.8, 4) is 5.75 Å². The van der Waals surface area contributed by atoms with Gasteiger partial charge in [-0.25, -0.2) is 0 Å². The van der Waals surface area contributed by atoms with Crippen LogP contribution in [0, 0.1) is 0 Å². The zero-order chi connectivity index (χ0) is 11.1. The summed E-state index contributed by atoms with van der Waals surface area (Å²) in [7, 11) is 0. The Bertz CT molecular complexity index is 364. The monoisotopic (exact) mass is 217 g/mol. The largest absolute Gasteiger partial charge is 0.481 e. The average Bonchev–Trinajstić information content (AvgIpc) is 2.16. The number of para-hydroxylation sites is 1. The highest BCUT2D eigenvalue weighted by molar-refractivity contribution is 5.37. The van der Waals surface area contributed by atoms with E-state index in [0.29, 0.717) is 5.56 Å². The van der Waals surface area contributed by atoms with Gasteiger partial charge in [-0.2, -0.15) is 13.2 Å². The molecule has 1 aromatic carbocycles. The molecule has 15 heavy (non-hydrogen) atoms. The molecule has 0 bridgehead atoms. The van der Waals surface area contributed by atoms with E-state index in [2.05, 4.69) is 0 Å². The van der Waals surface area contributed by atoms with Gasteiger partial charge in [-0.15, -0.1) is 0 Å². The van der Waals surface area contributed by atoms with E-state index < -0.39 is 18.3 Å². The molecule has 1 aliphatic heterocycles. The van der Waals surface area contributed by atoms with Crippen molar-refractivity contribution in [1.82, 2.24) is 0 Å². The van der Waals surface area contributed by atoms with Crippen LogP contribution >= 0.6 is 0 Å². The molecule has 0 spiro atoms. The summed E-state index contributed by atoms with van der Waals surface area (Å²) in [5.74, 6) is 0.235. The molecule has 5 heteroatoms. The van der Waals surface area contributed by atoms with Crippen LogP contribution in [0.15, 0.2) is 24.3 Å². The van der Waals surface area contributed by atoms with Crippen molar-refractivity contribution in [3.63, 3.8) is 0 Å². The molecule has 0 saturated heterocycles. The van der Waals surface area contributed by atoms with Crippen molar-refractivity contribution in [2.45, 2.75) is 24.7 Å². The molecule has 0 aliphatic carbocycles. The Morgan fingerprint density at radius 2 is 1.93 bits per heavy atom. The molecule has 0 radical (unpaired) electrons. The van der Waals surface area contributed by atoms with E-state index >= 15 is 0 Å². The maximum absolute atomic E-state index is 12.4. The summed E-state index contributed by atoms with van der Waals surface area (Å²) in [6, 6.07) is 5.95. The zero-order valence-corrected chi connectivity index (χ0v) is 7.79. The summed E-state index contributed by atoms with van der Waals surface area (Å²) in [4.78, 5) is 0. The number of nitrogens with two attached hydrogens (primary N) is 1. The average molecular weight is 217 g/mol. The third-order valence-corrected chi connectivity index (χ3v) is 2.42. The van der Waals surface area contributed by atoms with Gasteiger partial charge in [-0.3, -0.25) is 0 Å². The van der Waals surface area contributed by atoms with Gasteiger partial charge in [0.2, 0.25) is 0 Å². The summed E-state index contributed by atoms with van der Waals surface area (Å²) >= 11 is 0. The lowest BCUT2D eigenvalue weighted by Gasteiger charge is -2.31. The molecule has 0 aromatic heterocycles. The van der Waals surface area contributed by atoms with Gasteiger partial charge in [0.25, 0.3) is 0 Å². The molecule has 2 nitrogen and oxygen atoms in total. The summed E-state index contributed by atoms with van der Waals surface area (Å²) in [6.45, 7) is 0. The van der Waals surface area contributed by atoms with Crippen LogP contribution in [-0.4, -0.2) is 12.3 Å². The second-order valence-electron chi connectivity index (χ2n) is 3.53. The Morgan fingerprint density at radius 3 is 2.60 bits per heavy atom. The normalized spacial score (nSPS) is 25.6. The van der Waals surface area contributed by atoms with Crippen molar-refractivity contribution < 1.29 is 17.9 Å². The van der Waals surface area contributed by atoms with Gasteiger partial charge in [0.05, 0.1) is 0 Å². The van der Waals surface area contributed by atoms with Crippen LogP contribution in [0.3, 0.4) is 0 Å². The first kappa shape index (κ1) is 10.3. The number of benzene rings is 1. The number of ether oxygens (including phenoxy) is 1. The van der Waals surface area contributed by atoms with Crippen molar-refractivity contribution in [2.75, 3.05) is 0 Å². The third-order valence-electron chi connectivity index (χ3n) is 2.42. The Morgan fingerprint density at radius 1 is 1.27 bits per heavy atom. The van der Waals surface area contributed by atoms with Gasteiger partial charge >= 0.3 is 6.18 Å². The second-order valence-corrected chi connectivity index (χ2v) is 3.53. The Balaban J connectivity index is 2.30. The smallest absolute Gasteiger partial charge is 0.425 e. The Labute approximate surface area is 84.8 Å². The minimum absolute atomic E-state index is 0.222. The Kier molecular flexibility index (Phi) is 2.34. The molecule has 0 saturated carbocycles. The molecular formula is C10H10F3NO. The zero-order valence-electron chi connectivity index (χ0n) is 7.79. The molecule has 0 amide bonds. The number of halogens is 3. The van der Waals surface area contributed by atoms with E-state index in [0.717, 1.165) is 0 Å². The predicted octanol–water partition coefficient (Wildman–Crippen LogP) is 2.40. The maximum Gasteiger partial charge on any atom is 0.425 e. The van der Waals surface area contributed by atoms with Gasteiger partial charge in [-0.1, -0.05) is 18.2 Å². The number of fused-ring (bicyclic) bond motifs is 1. The molecule has 1 heterocycles. The van der Waals surface area contributed by atoms with Crippen molar-refractivity contribution in [1.29, 1.82) is 0 Å². The molecule has 2 N–H and O–H groups in total.